The highest BCUT2D eigenvalue weighted by atomic mass is 32.2. The normalized spacial score (nSPS) is 17.3. The summed E-state index contributed by atoms with van der Waals surface area (Å²) >= 11 is 0. The number of hydrogen-bond acceptors (Lipinski definition) is 6. The van der Waals surface area contributed by atoms with Gasteiger partial charge in [0.15, 0.2) is 0 Å². The van der Waals surface area contributed by atoms with Gasteiger partial charge in [0.2, 0.25) is 16.0 Å². The maximum atomic E-state index is 12.6. The first-order valence-electron chi connectivity index (χ1n) is 6.66. The minimum atomic E-state index is -3.50. The SMILES string of the molecule is Cc1cc(S(=O)(=O)N2CCN(c3ncn[nH]3)CC2)c(C)o1. The molecule has 9 heteroatoms. The van der Waals surface area contributed by atoms with Crippen LogP contribution in [0.3, 0.4) is 0 Å². The van der Waals surface area contributed by atoms with Crippen LogP contribution < -0.4 is 4.90 Å². The highest BCUT2D eigenvalue weighted by molar-refractivity contribution is 7.89. The molecule has 114 valence electrons. The topological polar surface area (TPSA) is 95.3 Å². The average Bonchev–Trinajstić information content (AvgIpc) is 3.09. The van der Waals surface area contributed by atoms with E-state index in [1.165, 1.54) is 10.6 Å². The summed E-state index contributed by atoms with van der Waals surface area (Å²) in [5, 5.41) is 6.59. The Kier molecular flexibility index (Phi) is 3.46. The van der Waals surface area contributed by atoms with Crippen LogP contribution in [0.25, 0.3) is 0 Å². The Labute approximate surface area is 122 Å². The second-order valence-corrected chi connectivity index (χ2v) is 6.88. The molecule has 0 saturated carbocycles. The van der Waals surface area contributed by atoms with Gasteiger partial charge in [-0.15, -0.1) is 0 Å². The fraction of sp³-hybridized carbons (Fsp3) is 0.500. The van der Waals surface area contributed by atoms with Gasteiger partial charge in [0, 0.05) is 26.2 Å². The Balaban J connectivity index is 1.76. The molecule has 1 N–H and O–H groups in total. The number of nitrogens with one attached hydrogen (secondary N) is 1. The molecule has 2 aromatic heterocycles. The Morgan fingerprint density at radius 3 is 2.48 bits per heavy atom. The van der Waals surface area contributed by atoms with E-state index < -0.39 is 10.0 Å². The molecular formula is C12H17N5O3S. The lowest BCUT2D eigenvalue weighted by atomic mass is 10.4. The standard InChI is InChI=1S/C12H17N5O3S/c1-9-7-11(10(2)20-9)21(18,19)17-5-3-16(4-6-17)12-13-8-14-15-12/h7-8H,3-6H2,1-2H3,(H,13,14,15). The molecule has 0 amide bonds. The van der Waals surface area contributed by atoms with E-state index in [-0.39, 0.29) is 4.90 Å². The van der Waals surface area contributed by atoms with Gasteiger partial charge in [0.25, 0.3) is 0 Å². The zero-order chi connectivity index (χ0) is 15.0. The van der Waals surface area contributed by atoms with Crippen LogP contribution in [0.1, 0.15) is 11.5 Å². The Morgan fingerprint density at radius 2 is 1.95 bits per heavy atom. The molecule has 3 rings (SSSR count). The maximum absolute atomic E-state index is 12.6. The van der Waals surface area contributed by atoms with Crippen molar-refractivity contribution in [2.45, 2.75) is 18.7 Å². The van der Waals surface area contributed by atoms with E-state index in [0.717, 1.165) is 0 Å². The van der Waals surface area contributed by atoms with E-state index >= 15 is 0 Å². The summed E-state index contributed by atoms with van der Waals surface area (Å²) in [6.45, 7) is 5.38. The molecule has 0 bridgehead atoms. The van der Waals surface area contributed by atoms with Crippen molar-refractivity contribution in [1.29, 1.82) is 0 Å². The van der Waals surface area contributed by atoms with E-state index in [1.54, 1.807) is 19.9 Å². The van der Waals surface area contributed by atoms with Gasteiger partial charge in [-0.05, 0) is 19.9 Å². The van der Waals surface area contributed by atoms with Crippen molar-refractivity contribution < 1.29 is 12.8 Å². The molecule has 2 aromatic rings. The van der Waals surface area contributed by atoms with Crippen LogP contribution in [0.4, 0.5) is 5.95 Å². The third-order valence-electron chi connectivity index (χ3n) is 3.55. The number of furan rings is 1. The molecule has 1 saturated heterocycles. The number of aromatic nitrogens is 3. The lowest BCUT2D eigenvalue weighted by molar-refractivity contribution is 0.381. The van der Waals surface area contributed by atoms with Crippen LogP contribution in [0, 0.1) is 13.8 Å². The summed E-state index contributed by atoms with van der Waals surface area (Å²) in [7, 11) is -3.50. The van der Waals surface area contributed by atoms with Gasteiger partial charge in [-0.25, -0.2) is 13.5 Å². The quantitative estimate of drug-likeness (QED) is 0.888. The molecule has 1 aliphatic rings. The van der Waals surface area contributed by atoms with Crippen LogP contribution in [-0.4, -0.2) is 54.1 Å². The van der Waals surface area contributed by atoms with Crippen molar-refractivity contribution in [1.82, 2.24) is 19.5 Å². The second-order valence-electron chi connectivity index (χ2n) is 4.98. The van der Waals surface area contributed by atoms with Gasteiger partial charge < -0.3 is 9.32 Å². The highest BCUT2D eigenvalue weighted by Crippen LogP contribution is 2.24. The van der Waals surface area contributed by atoms with Crippen LogP contribution >= 0.6 is 0 Å². The van der Waals surface area contributed by atoms with Gasteiger partial charge in [0.1, 0.15) is 22.7 Å². The maximum Gasteiger partial charge on any atom is 0.246 e. The van der Waals surface area contributed by atoms with Crippen molar-refractivity contribution in [2.24, 2.45) is 0 Å². The lowest BCUT2D eigenvalue weighted by Crippen LogP contribution is -2.49. The molecule has 21 heavy (non-hydrogen) atoms. The van der Waals surface area contributed by atoms with Crippen LogP contribution in [0.2, 0.25) is 0 Å². The van der Waals surface area contributed by atoms with Gasteiger partial charge in [-0.3, -0.25) is 0 Å². The summed E-state index contributed by atoms with van der Waals surface area (Å²) < 4.78 is 32.1. The van der Waals surface area contributed by atoms with Crippen LogP contribution in [0.15, 0.2) is 21.7 Å². The fourth-order valence-electron chi connectivity index (χ4n) is 2.49. The zero-order valence-electron chi connectivity index (χ0n) is 11.9. The van der Waals surface area contributed by atoms with Crippen molar-refractivity contribution in [2.75, 3.05) is 31.1 Å². The number of rotatable bonds is 3. The molecule has 0 aromatic carbocycles. The minimum Gasteiger partial charge on any atom is -0.465 e. The number of H-pyrrole nitrogens is 1. The number of anilines is 1. The third kappa shape index (κ3) is 2.54. The third-order valence-corrected chi connectivity index (χ3v) is 5.56. The first kappa shape index (κ1) is 14.1. The Bertz CT molecular complexity index is 714. The van der Waals surface area contributed by atoms with Gasteiger partial charge in [-0.1, -0.05) is 0 Å². The number of aryl methyl sites for hydroxylation is 2. The molecule has 3 heterocycles. The van der Waals surface area contributed by atoms with Crippen molar-refractivity contribution in [3.63, 3.8) is 0 Å². The van der Waals surface area contributed by atoms with E-state index in [2.05, 4.69) is 15.2 Å². The molecule has 0 unspecified atom stereocenters. The largest absolute Gasteiger partial charge is 0.465 e. The van der Waals surface area contributed by atoms with Gasteiger partial charge >= 0.3 is 0 Å². The monoisotopic (exact) mass is 311 g/mol. The number of nitrogens with zero attached hydrogens (tertiary/aromatic N) is 4. The van der Waals surface area contributed by atoms with E-state index in [9.17, 15) is 8.42 Å². The van der Waals surface area contributed by atoms with Gasteiger partial charge in [0.05, 0.1) is 0 Å². The first-order chi connectivity index (χ1) is 9.98. The lowest BCUT2D eigenvalue weighted by Gasteiger charge is -2.33. The van der Waals surface area contributed by atoms with Gasteiger partial charge in [-0.2, -0.15) is 14.4 Å². The highest BCUT2D eigenvalue weighted by Gasteiger charge is 2.31. The molecule has 8 nitrogen and oxygen atoms in total. The summed E-state index contributed by atoms with van der Waals surface area (Å²) in [4.78, 5) is 6.32. The average molecular weight is 311 g/mol. The Hall–Kier alpha value is -1.87. The van der Waals surface area contributed by atoms with Crippen molar-refractivity contribution in [3.05, 3.63) is 23.9 Å². The molecule has 1 fully saturated rings. The van der Waals surface area contributed by atoms with Crippen LogP contribution in [-0.2, 0) is 10.0 Å². The van der Waals surface area contributed by atoms with E-state index in [1.807, 2.05) is 4.90 Å². The predicted octanol–water partition coefficient (Wildman–Crippen LogP) is 0.525. The minimum absolute atomic E-state index is 0.258. The van der Waals surface area contributed by atoms with Crippen LogP contribution in [0.5, 0.6) is 0 Å². The molecule has 0 radical (unpaired) electrons. The van der Waals surface area contributed by atoms with Crippen molar-refractivity contribution >= 4 is 16.0 Å². The summed E-state index contributed by atoms with van der Waals surface area (Å²) in [5.41, 5.74) is 0. The predicted molar refractivity (Wildman–Crippen MR) is 75.5 cm³/mol. The summed E-state index contributed by atoms with van der Waals surface area (Å²) in [6.07, 6.45) is 1.44. The number of aromatic amines is 1. The number of hydrogen-bond donors (Lipinski definition) is 1. The summed E-state index contributed by atoms with van der Waals surface area (Å²) in [6, 6.07) is 1.58. The van der Waals surface area contributed by atoms with E-state index in [4.69, 9.17) is 4.42 Å². The molecule has 0 spiro atoms. The Morgan fingerprint density at radius 1 is 1.24 bits per heavy atom. The molecule has 1 aliphatic heterocycles. The number of sulfonamides is 1. The summed E-state index contributed by atoms with van der Waals surface area (Å²) in [5.74, 6) is 1.71. The fourth-order valence-corrected chi connectivity index (χ4v) is 4.14. The van der Waals surface area contributed by atoms with E-state index in [0.29, 0.717) is 43.6 Å². The zero-order valence-corrected chi connectivity index (χ0v) is 12.7. The smallest absolute Gasteiger partial charge is 0.246 e. The molecule has 0 aliphatic carbocycles. The number of piperazine rings is 1. The second kappa shape index (κ2) is 5.15. The first-order valence-corrected chi connectivity index (χ1v) is 8.10. The van der Waals surface area contributed by atoms with Crippen molar-refractivity contribution in [3.8, 4) is 0 Å². The molecular weight excluding hydrogens is 294 g/mol. The molecule has 0 atom stereocenters.